The number of benzene rings is 1. The van der Waals surface area contributed by atoms with Crippen molar-refractivity contribution in [2.75, 3.05) is 0 Å². The van der Waals surface area contributed by atoms with Crippen LogP contribution in [0.2, 0.25) is 0 Å². The van der Waals surface area contributed by atoms with Crippen LogP contribution >= 0.6 is 0 Å². The molecule has 1 N–H and O–H groups in total. The molecule has 0 aliphatic heterocycles. The number of nitrogens with one attached hydrogen (secondary N) is 1. The Morgan fingerprint density at radius 1 is 1.05 bits per heavy atom. The number of rotatable bonds is 3. The summed E-state index contributed by atoms with van der Waals surface area (Å²) in [6.07, 6.45) is 6.16. The molecule has 3 aliphatic carbocycles. The predicted octanol–water partition coefficient (Wildman–Crippen LogP) is 3.09. The Morgan fingerprint density at radius 2 is 1.77 bits per heavy atom. The van der Waals surface area contributed by atoms with Crippen LogP contribution in [0, 0.1) is 30.6 Å². The van der Waals surface area contributed by atoms with Crippen molar-refractivity contribution < 1.29 is 8.42 Å². The van der Waals surface area contributed by atoms with Gasteiger partial charge in [0.25, 0.3) is 10.0 Å². The Labute approximate surface area is 132 Å². The van der Waals surface area contributed by atoms with Crippen LogP contribution in [0.15, 0.2) is 34.3 Å². The van der Waals surface area contributed by atoms with Crippen LogP contribution in [-0.2, 0) is 10.0 Å². The van der Waals surface area contributed by atoms with Gasteiger partial charge in [-0.15, -0.1) is 0 Å². The van der Waals surface area contributed by atoms with E-state index in [1.54, 1.807) is 12.1 Å². The van der Waals surface area contributed by atoms with Crippen molar-refractivity contribution in [3.05, 3.63) is 29.8 Å². The minimum Gasteiger partial charge on any atom is -0.200 e. The Hall–Kier alpha value is -1.36. The summed E-state index contributed by atoms with van der Waals surface area (Å²) in [5, 5.41) is 4.35. The zero-order valence-corrected chi connectivity index (χ0v) is 13.6. The van der Waals surface area contributed by atoms with Crippen molar-refractivity contribution in [3.63, 3.8) is 0 Å². The van der Waals surface area contributed by atoms with E-state index < -0.39 is 10.0 Å². The number of hydrogen-bond donors (Lipinski definition) is 1. The lowest BCUT2D eigenvalue weighted by atomic mass is 9.71. The second kappa shape index (κ2) is 5.08. The Balaban J connectivity index is 1.55. The van der Waals surface area contributed by atoms with Gasteiger partial charge in [-0.3, -0.25) is 0 Å². The molecule has 5 heteroatoms. The minimum atomic E-state index is -3.55. The van der Waals surface area contributed by atoms with Crippen molar-refractivity contribution in [2.24, 2.45) is 28.8 Å². The van der Waals surface area contributed by atoms with E-state index in [1.165, 1.54) is 25.7 Å². The van der Waals surface area contributed by atoms with E-state index in [4.69, 9.17) is 0 Å². The van der Waals surface area contributed by atoms with Crippen LogP contribution in [0.4, 0.5) is 0 Å². The molecule has 4 nitrogen and oxygen atoms in total. The van der Waals surface area contributed by atoms with Crippen molar-refractivity contribution >= 4 is 15.7 Å². The van der Waals surface area contributed by atoms with E-state index in [9.17, 15) is 8.42 Å². The van der Waals surface area contributed by atoms with Crippen molar-refractivity contribution in [1.82, 2.24) is 4.83 Å². The maximum absolute atomic E-state index is 12.4. The van der Waals surface area contributed by atoms with Crippen LogP contribution < -0.4 is 4.83 Å². The molecule has 118 valence electrons. The third kappa shape index (κ3) is 2.45. The maximum atomic E-state index is 12.4. The molecule has 0 radical (unpaired) electrons. The van der Waals surface area contributed by atoms with Crippen LogP contribution in [0.1, 0.15) is 37.7 Å². The lowest BCUT2D eigenvalue weighted by molar-refractivity contribution is 0.242. The molecule has 22 heavy (non-hydrogen) atoms. The van der Waals surface area contributed by atoms with E-state index in [0.717, 1.165) is 35.4 Å². The van der Waals surface area contributed by atoms with Crippen molar-refractivity contribution in [1.29, 1.82) is 0 Å². The van der Waals surface area contributed by atoms with Crippen LogP contribution in [0.25, 0.3) is 0 Å². The van der Waals surface area contributed by atoms with Crippen molar-refractivity contribution in [3.8, 4) is 0 Å². The smallest absolute Gasteiger partial charge is 0.200 e. The fourth-order valence-corrected chi connectivity index (χ4v) is 5.57. The molecule has 0 saturated heterocycles. The first-order chi connectivity index (χ1) is 10.5. The monoisotopic (exact) mass is 318 g/mol. The molecule has 0 spiro atoms. The van der Waals surface area contributed by atoms with Crippen LogP contribution in [0.5, 0.6) is 0 Å². The summed E-state index contributed by atoms with van der Waals surface area (Å²) in [5.41, 5.74) is 2.14. The predicted molar refractivity (Wildman–Crippen MR) is 86.0 cm³/mol. The van der Waals surface area contributed by atoms with Gasteiger partial charge in [0.1, 0.15) is 0 Å². The molecule has 3 saturated carbocycles. The summed E-state index contributed by atoms with van der Waals surface area (Å²) in [5.74, 6) is 2.85. The van der Waals surface area contributed by atoms with Gasteiger partial charge in [-0.25, -0.2) is 4.83 Å². The Bertz CT molecular complexity index is 707. The summed E-state index contributed by atoms with van der Waals surface area (Å²) in [7, 11) is -3.55. The lowest BCUT2D eigenvalue weighted by Gasteiger charge is -2.34. The zero-order valence-electron chi connectivity index (χ0n) is 12.8. The first-order valence-electron chi connectivity index (χ1n) is 8.16. The first-order valence-corrected chi connectivity index (χ1v) is 9.64. The van der Waals surface area contributed by atoms with Gasteiger partial charge in [-0.2, -0.15) is 13.5 Å². The topological polar surface area (TPSA) is 58.5 Å². The van der Waals surface area contributed by atoms with E-state index >= 15 is 0 Å². The maximum Gasteiger partial charge on any atom is 0.276 e. The Kier molecular flexibility index (Phi) is 3.29. The van der Waals surface area contributed by atoms with E-state index in [1.807, 2.05) is 19.1 Å². The molecule has 1 aromatic rings. The van der Waals surface area contributed by atoms with Gasteiger partial charge < -0.3 is 0 Å². The number of aryl methyl sites for hydroxylation is 1. The summed E-state index contributed by atoms with van der Waals surface area (Å²) >= 11 is 0. The van der Waals surface area contributed by atoms with E-state index in [-0.39, 0.29) is 4.90 Å². The van der Waals surface area contributed by atoms with Crippen LogP contribution in [0.3, 0.4) is 0 Å². The second-order valence-electron chi connectivity index (χ2n) is 7.26. The molecule has 3 bridgehead atoms. The van der Waals surface area contributed by atoms with Gasteiger partial charge >= 0.3 is 0 Å². The quantitative estimate of drug-likeness (QED) is 0.871. The molecule has 0 amide bonds. The highest BCUT2D eigenvalue weighted by Gasteiger charge is 2.47. The standard InChI is InChI=1S/C17H22N2O2S/c1-11-2-4-15(5-3-11)22(20,21)19-18-17-10-13-6-12-7-14(8-13)16(17)9-12/h2-5,12-14,16,19H,6-10H2,1H3/t12-,13-,14-,16+/m0/s1. The molecule has 0 heterocycles. The molecule has 1 aromatic carbocycles. The highest BCUT2D eigenvalue weighted by atomic mass is 32.2. The van der Waals surface area contributed by atoms with Crippen LogP contribution in [-0.4, -0.2) is 14.1 Å². The molecule has 0 unspecified atom stereocenters. The largest absolute Gasteiger partial charge is 0.276 e. The minimum absolute atomic E-state index is 0.283. The van der Waals surface area contributed by atoms with Crippen molar-refractivity contribution in [2.45, 2.75) is 43.9 Å². The van der Waals surface area contributed by atoms with E-state index in [0.29, 0.717) is 5.92 Å². The van der Waals surface area contributed by atoms with Gasteiger partial charge in [0.15, 0.2) is 0 Å². The second-order valence-corrected chi connectivity index (χ2v) is 8.92. The van der Waals surface area contributed by atoms with Gasteiger partial charge in [0.2, 0.25) is 0 Å². The highest BCUT2D eigenvalue weighted by molar-refractivity contribution is 7.89. The third-order valence-corrected chi connectivity index (χ3v) is 6.89. The normalized spacial score (nSPS) is 35.0. The number of hydrazone groups is 1. The highest BCUT2D eigenvalue weighted by Crippen LogP contribution is 2.53. The van der Waals surface area contributed by atoms with E-state index in [2.05, 4.69) is 9.93 Å². The molecule has 0 aromatic heterocycles. The molecule has 4 rings (SSSR count). The summed E-state index contributed by atoms with van der Waals surface area (Å²) < 4.78 is 24.7. The fourth-order valence-electron chi connectivity index (χ4n) is 4.73. The van der Waals surface area contributed by atoms with Gasteiger partial charge in [0, 0.05) is 11.6 Å². The first kappa shape index (κ1) is 14.2. The molecule has 3 aliphatic rings. The fraction of sp³-hybridized carbons (Fsp3) is 0.588. The number of hydrogen-bond acceptors (Lipinski definition) is 3. The van der Waals surface area contributed by atoms with Gasteiger partial charge in [-0.1, -0.05) is 17.7 Å². The number of nitrogens with zero attached hydrogens (tertiary/aromatic N) is 1. The average molecular weight is 318 g/mol. The summed E-state index contributed by atoms with van der Waals surface area (Å²) in [6.45, 7) is 1.94. The SMILES string of the molecule is Cc1ccc(S(=O)(=O)NN=C2C[C@H]3C[C@H]4C[C@@H](C3)[C@H]2C4)cc1. The number of sulfonamides is 1. The third-order valence-electron chi connectivity index (χ3n) is 5.66. The number of fused-ring (bicyclic) bond motifs is 2. The average Bonchev–Trinajstić information content (AvgIpc) is 2.70. The summed E-state index contributed by atoms with van der Waals surface area (Å²) in [6, 6.07) is 6.89. The lowest BCUT2D eigenvalue weighted by Crippen LogP contribution is -2.32. The van der Waals surface area contributed by atoms with Gasteiger partial charge in [-0.05, 0) is 68.9 Å². The molecular weight excluding hydrogens is 296 g/mol. The Morgan fingerprint density at radius 3 is 2.55 bits per heavy atom. The summed E-state index contributed by atoms with van der Waals surface area (Å²) in [4.78, 5) is 2.76. The molecule has 4 atom stereocenters. The molecular formula is C17H22N2O2S. The zero-order chi connectivity index (χ0) is 15.3. The van der Waals surface area contributed by atoms with Gasteiger partial charge in [0.05, 0.1) is 4.90 Å². The molecule has 3 fully saturated rings.